The summed E-state index contributed by atoms with van der Waals surface area (Å²) in [4.78, 5) is 26.1. The van der Waals surface area contributed by atoms with E-state index in [9.17, 15) is 9.59 Å². The van der Waals surface area contributed by atoms with Crippen molar-refractivity contribution in [1.82, 2.24) is 0 Å². The lowest BCUT2D eigenvalue weighted by Crippen LogP contribution is -2.61. The molecular formula is C42H48O8. The van der Waals surface area contributed by atoms with Gasteiger partial charge in [-0.3, -0.25) is 9.59 Å². The first-order chi connectivity index (χ1) is 24.2. The Hall–Kier alpha value is -4.18. The molecular weight excluding hydrogens is 632 g/mol. The Morgan fingerprint density at radius 3 is 1.40 bits per heavy atom. The highest BCUT2D eigenvalue weighted by atomic mass is 16.6. The van der Waals surface area contributed by atoms with E-state index in [1.807, 2.05) is 121 Å². The topological polar surface area (TPSA) is 89.5 Å². The molecule has 1 fully saturated rings. The highest BCUT2D eigenvalue weighted by Gasteiger charge is 2.49. The molecule has 0 saturated carbocycles. The van der Waals surface area contributed by atoms with Crippen LogP contribution in [-0.2, 0) is 64.4 Å². The van der Waals surface area contributed by atoms with E-state index in [-0.39, 0.29) is 38.4 Å². The van der Waals surface area contributed by atoms with Gasteiger partial charge in [-0.2, -0.15) is 0 Å². The van der Waals surface area contributed by atoms with Crippen molar-refractivity contribution in [3.05, 3.63) is 144 Å². The SMILES string of the molecule is CC(C)(C)OC(=O)CC(=O)C[C@H]1O[C@H](COCc2ccccc2)[C@@H](OCc2ccccc2)[C@H](OCc2ccccc2)[C@H]1OCc1ccccc1. The molecule has 5 atom stereocenters. The normalized spacial score (nSPS) is 20.7. The van der Waals surface area contributed by atoms with E-state index >= 15 is 0 Å². The lowest BCUT2D eigenvalue weighted by Gasteiger charge is -2.46. The fraction of sp³-hybridized carbons (Fsp3) is 0.381. The first-order valence-electron chi connectivity index (χ1n) is 17.2. The lowest BCUT2D eigenvalue weighted by molar-refractivity contribution is -0.272. The molecule has 0 radical (unpaired) electrons. The van der Waals surface area contributed by atoms with Crippen LogP contribution in [-0.4, -0.2) is 54.5 Å². The van der Waals surface area contributed by atoms with Crippen molar-refractivity contribution in [2.75, 3.05) is 6.61 Å². The first kappa shape index (κ1) is 37.1. The minimum atomic E-state index is -0.753. The van der Waals surface area contributed by atoms with Crippen LogP contribution in [0.15, 0.2) is 121 Å². The third kappa shape index (κ3) is 12.0. The average Bonchev–Trinajstić information content (AvgIpc) is 3.10. The number of rotatable bonds is 17. The Morgan fingerprint density at radius 1 is 0.560 bits per heavy atom. The molecule has 0 unspecified atom stereocenters. The van der Waals surface area contributed by atoms with Gasteiger partial charge in [-0.25, -0.2) is 0 Å². The van der Waals surface area contributed by atoms with E-state index < -0.39 is 42.1 Å². The zero-order chi connectivity index (χ0) is 35.2. The summed E-state index contributed by atoms with van der Waals surface area (Å²) in [6, 6.07) is 39.5. The van der Waals surface area contributed by atoms with Crippen molar-refractivity contribution in [3.8, 4) is 0 Å². The molecule has 1 aliphatic heterocycles. The standard InChI is InChI=1S/C42H48O8/c1-42(2,3)50-38(44)25-35(43)24-36-39(46-27-32-18-10-5-11-19-32)41(48-29-34-22-14-7-15-23-34)40(47-28-33-20-12-6-13-21-33)37(49-36)30-45-26-31-16-8-4-9-17-31/h4-23,36-37,39-41H,24-30H2,1-3H3/t36-,37-,39+,40-,41-/m1/s1. The summed E-state index contributed by atoms with van der Waals surface area (Å²) in [5, 5.41) is 0. The van der Waals surface area contributed by atoms with Gasteiger partial charge in [0.15, 0.2) is 0 Å². The molecule has 1 aliphatic rings. The van der Waals surface area contributed by atoms with Crippen LogP contribution in [0.2, 0.25) is 0 Å². The highest BCUT2D eigenvalue weighted by molar-refractivity contribution is 5.95. The molecule has 4 aromatic rings. The van der Waals surface area contributed by atoms with Crippen LogP contribution >= 0.6 is 0 Å². The van der Waals surface area contributed by atoms with Crippen molar-refractivity contribution < 1.29 is 38.0 Å². The molecule has 8 nitrogen and oxygen atoms in total. The van der Waals surface area contributed by atoms with E-state index in [0.29, 0.717) is 13.2 Å². The van der Waals surface area contributed by atoms with Crippen LogP contribution in [0.3, 0.4) is 0 Å². The monoisotopic (exact) mass is 680 g/mol. The van der Waals surface area contributed by atoms with Crippen molar-refractivity contribution in [1.29, 1.82) is 0 Å². The van der Waals surface area contributed by atoms with Crippen molar-refractivity contribution in [2.45, 2.75) is 96.2 Å². The summed E-state index contributed by atoms with van der Waals surface area (Å²) in [6.45, 7) is 6.74. The summed E-state index contributed by atoms with van der Waals surface area (Å²) in [5.41, 5.74) is 3.26. The second-order valence-electron chi connectivity index (χ2n) is 13.5. The van der Waals surface area contributed by atoms with Crippen LogP contribution in [0.5, 0.6) is 0 Å². The number of carbonyl (C=O) groups excluding carboxylic acids is 2. The molecule has 0 bridgehead atoms. The van der Waals surface area contributed by atoms with Gasteiger partial charge in [-0.15, -0.1) is 0 Å². The van der Waals surface area contributed by atoms with Gasteiger partial charge >= 0.3 is 5.97 Å². The fourth-order valence-corrected chi connectivity index (χ4v) is 5.88. The number of ether oxygens (including phenoxy) is 6. The van der Waals surface area contributed by atoms with Crippen molar-refractivity contribution in [3.63, 3.8) is 0 Å². The van der Waals surface area contributed by atoms with E-state index in [4.69, 9.17) is 28.4 Å². The second-order valence-corrected chi connectivity index (χ2v) is 13.5. The van der Waals surface area contributed by atoms with Crippen LogP contribution in [0.4, 0.5) is 0 Å². The Labute approximate surface area is 295 Å². The van der Waals surface area contributed by atoms with E-state index in [1.165, 1.54) is 0 Å². The van der Waals surface area contributed by atoms with Gasteiger partial charge in [-0.05, 0) is 43.0 Å². The maximum Gasteiger partial charge on any atom is 0.313 e. The van der Waals surface area contributed by atoms with Crippen molar-refractivity contribution >= 4 is 11.8 Å². The predicted octanol–water partition coefficient (Wildman–Crippen LogP) is 7.42. The lowest BCUT2D eigenvalue weighted by atomic mass is 9.91. The molecule has 1 heterocycles. The van der Waals surface area contributed by atoms with Crippen LogP contribution in [0.25, 0.3) is 0 Å². The largest absolute Gasteiger partial charge is 0.460 e. The smallest absolute Gasteiger partial charge is 0.313 e. The molecule has 264 valence electrons. The van der Waals surface area contributed by atoms with Gasteiger partial charge in [0.2, 0.25) is 0 Å². The van der Waals surface area contributed by atoms with Gasteiger partial charge in [0, 0.05) is 6.42 Å². The second kappa shape index (κ2) is 18.7. The third-order valence-corrected chi connectivity index (χ3v) is 8.17. The van der Waals surface area contributed by atoms with Gasteiger partial charge < -0.3 is 28.4 Å². The van der Waals surface area contributed by atoms with Crippen LogP contribution in [0, 0.1) is 0 Å². The maximum absolute atomic E-state index is 13.5. The molecule has 50 heavy (non-hydrogen) atoms. The number of carbonyl (C=O) groups is 2. The maximum atomic E-state index is 13.5. The summed E-state index contributed by atoms with van der Waals surface area (Å²) in [6.07, 6.45) is -3.80. The highest BCUT2D eigenvalue weighted by Crippen LogP contribution is 2.33. The zero-order valence-electron chi connectivity index (χ0n) is 29.1. The first-order valence-corrected chi connectivity index (χ1v) is 17.2. The zero-order valence-corrected chi connectivity index (χ0v) is 29.1. The van der Waals surface area contributed by atoms with Crippen LogP contribution in [0.1, 0.15) is 55.9 Å². The summed E-state index contributed by atoms with van der Waals surface area (Å²) in [5.74, 6) is -0.893. The van der Waals surface area contributed by atoms with Gasteiger partial charge in [0.05, 0.1) is 39.1 Å². The fourth-order valence-electron chi connectivity index (χ4n) is 5.88. The number of benzene rings is 4. The number of Topliss-reactive ketones (excluding diaryl/α,β-unsaturated/α-hetero) is 1. The quantitative estimate of drug-likeness (QED) is 0.0842. The van der Waals surface area contributed by atoms with Gasteiger partial charge in [0.1, 0.15) is 42.2 Å². The molecule has 8 heteroatoms. The van der Waals surface area contributed by atoms with Crippen molar-refractivity contribution in [2.24, 2.45) is 0 Å². The summed E-state index contributed by atoms with van der Waals surface area (Å²) >= 11 is 0. The third-order valence-electron chi connectivity index (χ3n) is 8.17. The predicted molar refractivity (Wildman–Crippen MR) is 190 cm³/mol. The molecule has 1 saturated heterocycles. The Bertz CT molecular complexity index is 1570. The molecule has 0 amide bonds. The molecule has 4 aromatic carbocycles. The minimum absolute atomic E-state index is 0.0789. The van der Waals surface area contributed by atoms with Gasteiger partial charge in [0.25, 0.3) is 0 Å². The molecule has 0 N–H and O–H groups in total. The Morgan fingerprint density at radius 2 is 0.960 bits per heavy atom. The number of hydrogen-bond acceptors (Lipinski definition) is 8. The Balaban J connectivity index is 1.45. The molecule has 0 aliphatic carbocycles. The number of hydrogen-bond donors (Lipinski definition) is 0. The average molecular weight is 681 g/mol. The van der Waals surface area contributed by atoms with E-state index in [0.717, 1.165) is 22.3 Å². The minimum Gasteiger partial charge on any atom is -0.460 e. The Kier molecular flexibility index (Phi) is 13.9. The van der Waals surface area contributed by atoms with E-state index in [1.54, 1.807) is 20.8 Å². The summed E-state index contributed by atoms with van der Waals surface area (Å²) < 4.78 is 38.5. The molecule has 0 aromatic heterocycles. The van der Waals surface area contributed by atoms with E-state index in [2.05, 4.69) is 0 Å². The molecule has 5 rings (SSSR count). The summed E-state index contributed by atoms with van der Waals surface area (Å²) in [7, 11) is 0. The number of ketones is 1. The van der Waals surface area contributed by atoms with Crippen LogP contribution < -0.4 is 0 Å². The molecule has 0 spiro atoms. The van der Waals surface area contributed by atoms with Gasteiger partial charge in [-0.1, -0.05) is 121 Å². The number of esters is 1.